The minimum Gasteiger partial charge on any atom is -0.370 e. The predicted molar refractivity (Wildman–Crippen MR) is 55.2 cm³/mol. The van der Waals surface area contributed by atoms with Crippen LogP contribution in [0.4, 0.5) is 5.82 Å². The van der Waals surface area contributed by atoms with E-state index in [2.05, 4.69) is 22.2 Å². The zero-order chi connectivity index (χ0) is 9.68. The molecular weight excluding hydrogens is 186 g/mol. The van der Waals surface area contributed by atoms with E-state index in [4.69, 9.17) is 11.6 Å². The minimum atomic E-state index is 0.321. The van der Waals surface area contributed by atoms with Crippen molar-refractivity contribution in [3.8, 4) is 0 Å². The lowest BCUT2D eigenvalue weighted by atomic mass is 10.2. The van der Waals surface area contributed by atoms with Crippen LogP contribution in [0.25, 0.3) is 0 Å². The van der Waals surface area contributed by atoms with Crippen molar-refractivity contribution in [1.82, 2.24) is 9.97 Å². The van der Waals surface area contributed by atoms with Crippen LogP contribution in [0, 0.1) is 0 Å². The van der Waals surface area contributed by atoms with Crippen molar-refractivity contribution in [3.05, 3.63) is 17.0 Å². The third-order valence-corrected chi connectivity index (χ3v) is 1.78. The molecule has 1 heterocycles. The molecule has 0 amide bonds. The van der Waals surface area contributed by atoms with Gasteiger partial charge in [0.15, 0.2) is 0 Å². The molecule has 1 aromatic rings. The first-order chi connectivity index (χ1) is 6.26. The van der Waals surface area contributed by atoms with Crippen LogP contribution >= 0.6 is 11.6 Å². The number of rotatable bonds is 4. The first kappa shape index (κ1) is 10.3. The molecule has 0 spiro atoms. The summed E-state index contributed by atoms with van der Waals surface area (Å²) in [6, 6.07) is 1.94. The summed E-state index contributed by atoms with van der Waals surface area (Å²) < 4.78 is 0. The van der Waals surface area contributed by atoms with Crippen LogP contribution in [0.3, 0.4) is 0 Å². The maximum Gasteiger partial charge on any atom is 0.224 e. The van der Waals surface area contributed by atoms with Gasteiger partial charge in [-0.1, -0.05) is 13.3 Å². The summed E-state index contributed by atoms with van der Waals surface area (Å²) in [6.07, 6.45) is 2.01. The van der Waals surface area contributed by atoms with Gasteiger partial charge in [0.2, 0.25) is 5.28 Å². The average molecular weight is 200 g/mol. The highest BCUT2D eigenvalue weighted by Gasteiger charge is 2.00. The third-order valence-electron chi connectivity index (χ3n) is 1.62. The molecule has 72 valence electrons. The molecule has 0 saturated heterocycles. The smallest absolute Gasteiger partial charge is 0.224 e. The van der Waals surface area contributed by atoms with Crippen molar-refractivity contribution in [3.63, 3.8) is 0 Å². The van der Waals surface area contributed by atoms with E-state index in [1.54, 1.807) is 0 Å². The van der Waals surface area contributed by atoms with Crippen molar-refractivity contribution >= 4 is 17.4 Å². The fourth-order valence-electron chi connectivity index (χ4n) is 1.12. The van der Waals surface area contributed by atoms with E-state index in [-0.39, 0.29) is 0 Å². The zero-order valence-corrected chi connectivity index (χ0v) is 8.73. The summed E-state index contributed by atoms with van der Waals surface area (Å²) in [7, 11) is 0. The standard InChI is InChI=1S/C9H14ClN3/c1-3-5-7-6-8(11-4-2)13-9(10)12-7/h6H,3-5H2,1-2H3,(H,11,12,13). The zero-order valence-electron chi connectivity index (χ0n) is 7.97. The van der Waals surface area contributed by atoms with E-state index >= 15 is 0 Å². The van der Waals surface area contributed by atoms with Crippen LogP contribution in [0.2, 0.25) is 5.28 Å². The fourth-order valence-corrected chi connectivity index (χ4v) is 1.32. The number of nitrogens with zero attached hydrogens (tertiary/aromatic N) is 2. The number of halogens is 1. The summed E-state index contributed by atoms with van der Waals surface area (Å²) in [5.41, 5.74) is 0.999. The van der Waals surface area contributed by atoms with Gasteiger partial charge in [-0.05, 0) is 24.9 Å². The number of hydrogen-bond donors (Lipinski definition) is 1. The molecule has 0 aromatic carbocycles. The van der Waals surface area contributed by atoms with Crippen LogP contribution in [-0.4, -0.2) is 16.5 Å². The summed E-state index contributed by atoms with van der Waals surface area (Å²) in [5.74, 6) is 0.811. The maximum absolute atomic E-state index is 5.76. The van der Waals surface area contributed by atoms with Crippen LogP contribution in [0.15, 0.2) is 6.07 Å². The molecule has 0 radical (unpaired) electrons. The number of anilines is 1. The minimum absolute atomic E-state index is 0.321. The van der Waals surface area contributed by atoms with E-state index in [0.717, 1.165) is 30.9 Å². The number of aromatic nitrogens is 2. The van der Waals surface area contributed by atoms with E-state index in [1.165, 1.54) is 0 Å². The lowest BCUT2D eigenvalue weighted by Gasteiger charge is -2.04. The molecule has 1 rings (SSSR count). The second-order valence-corrected chi connectivity index (χ2v) is 3.13. The van der Waals surface area contributed by atoms with Gasteiger partial charge in [-0.3, -0.25) is 0 Å². The van der Waals surface area contributed by atoms with Crippen LogP contribution < -0.4 is 5.32 Å². The van der Waals surface area contributed by atoms with Crippen molar-refractivity contribution in [2.45, 2.75) is 26.7 Å². The molecule has 0 saturated carbocycles. The predicted octanol–water partition coefficient (Wildman–Crippen LogP) is 2.51. The van der Waals surface area contributed by atoms with Crippen molar-refractivity contribution in [2.75, 3.05) is 11.9 Å². The van der Waals surface area contributed by atoms with Crippen molar-refractivity contribution < 1.29 is 0 Å². The average Bonchev–Trinajstić information content (AvgIpc) is 2.04. The molecule has 0 aliphatic rings. The second-order valence-electron chi connectivity index (χ2n) is 2.79. The number of aryl methyl sites for hydroxylation is 1. The lowest BCUT2D eigenvalue weighted by molar-refractivity contribution is 0.872. The van der Waals surface area contributed by atoms with E-state index < -0.39 is 0 Å². The topological polar surface area (TPSA) is 37.8 Å². The number of nitrogens with one attached hydrogen (secondary N) is 1. The first-order valence-electron chi connectivity index (χ1n) is 4.53. The van der Waals surface area contributed by atoms with Crippen molar-refractivity contribution in [1.29, 1.82) is 0 Å². The van der Waals surface area contributed by atoms with Gasteiger partial charge in [0.1, 0.15) is 5.82 Å². The Morgan fingerprint density at radius 3 is 2.77 bits per heavy atom. The van der Waals surface area contributed by atoms with Gasteiger partial charge in [0.25, 0.3) is 0 Å². The Kier molecular flexibility index (Phi) is 3.96. The van der Waals surface area contributed by atoms with Gasteiger partial charge >= 0.3 is 0 Å². The molecule has 3 nitrogen and oxygen atoms in total. The SMILES string of the molecule is CCCc1cc(NCC)nc(Cl)n1. The molecule has 1 N–H and O–H groups in total. The highest BCUT2D eigenvalue weighted by molar-refractivity contribution is 6.28. The monoisotopic (exact) mass is 199 g/mol. The Labute approximate surface area is 83.5 Å². The molecule has 0 atom stereocenters. The summed E-state index contributed by atoms with van der Waals surface area (Å²) in [5, 5.41) is 3.43. The van der Waals surface area contributed by atoms with Crippen LogP contribution in [-0.2, 0) is 6.42 Å². The highest BCUT2D eigenvalue weighted by Crippen LogP contribution is 2.11. The van der Waals surface area contributed by atoms with Crippen LogP contribution in [0.5, 0.6) is 0 Å². The second kappa shape index (κ2) is 5.02. The third kappa shape index (κ3) is 3.19. The molecular formula is C9H14ClN3. The Bertz CT molecular complexity index is 251. The normalized spacial score (nSPS) is 10.1. The fraction of sp³-hybridized carbons (Fsp3) is 0.556. The van der Waals surface area contributed by atoms with Gasteiger partial charge in [0, 0.05) is 18.3 Å². The summed E-state index contributed by atoms with van der Waals surface area (Å²) in [6.45, 7) is 4.98. The molecule has 0 unspecified atom stereocenters. The maximum atomic E-state index is 5.76. The Morgan fingerprint density at radius 1 is 1.38 bits per heavy atom. The molecule has 0 bridgehead atoms. The Hall–Kier alpha value is -0.830. The summed E-state index contributed by atoms with van der Waals surface area (Å²) >= 11 is 5.76. The molecule has 0 aliphatic carbocycles. The molecule has 0 fully saturated rings. The van der Waals surface area contributed by atoms with E-state index in [1.807, 2.05) is 13.0 Å². The van der Waals surface area contributed by atoms with Gasteiger partial charge in [0.05, 0.1) is 0 Å². The quantitative estimate of drug-likeness (QED) is 0.758. The molecule has 13 heavy (non-hydrogen) atoms. The molecule has 0 aliphatic heterocycles. The summed E-state index contributed by atoms with van der Waals surface area (Å²) in [4.78, 5) is 8.17. The Balaban J connectivity index is 2.83. The largest absolute Gasteiger partial charge is 0.370 e. The van der Waals surface area contributed by atoms with E-state index in [0.29, 0.717) is 5.28 Å². The van der Waals surface area contributed by atoms with E-state index in [9.17, 15) is 0 Å². The molecule has 4 heteroatoms. The van der Waals surface area contributed by atoms with Crippen molar-refractivity contribution in [2.24, 2.45) is 0 Å². The lowest BCUT2D eigenvalue weighted by Crippen LogP contribution is -2.02. The van der Waals surface area contributed by atoms with Gasteiger partial charge < -0.3 is 5.32 Å². The van der Waals surface area contributed by atoms with Gasteiger partial charge in [-0.2, -0.15) is 0 Å². The first-order valence-corrected chi connectivity index (χ1v) is 4.91. The van der Waals surface area contributed by atoms with Gasteiger partial charge in [-0.25, -0.2) is 9.97 Å². The highest BCUT2D eigenvalue weighted by atomic mass is 35.5. The number of hydrogen-bond acceptors (Lipinski definition) is 3. The molecule has 1 aromatic heterocycles. The Morgan fingerprint density at radius 2 is 2.15 bits per heavy atom. The van der Waals surface area contributed by atoms with Gasteiger partial charge in [-0.15, -0.1) is 0 Å². The van der Waals surface area contributed by atoms with Crippen LogP contribution in [0.1, 0.15) is 26.0 Å².